The lowest BCUT2D eigenvalue weighted by Crippen LogP contribution is -2.20. The van der Waals surface area contributed by atoms with Gasteiger partial charge in [-0.2, -0.15) is 0 Å². The summed E-state index contributed by atoms with van der Waals surface area (Å²) in [6.45, 7) is 0. The number of aromatic nitrogens is 2. The molecule has 3 aromatic rings. The number of carbonyl (C=O) groups excluding carboxylic acids is 1. The molecule has 0 atom stereocenters. The fraction of sp³-hybridized carbons (Fsp3) is 0.0556. The van der Waals surface area contributed by atoms with Crippen LogP contribution in [0.25, 0.3) is 0 Å². The molecule has 0 aliphatic rings. The summed E-state index contributed by atoms with van der Waals surface area (Å²) in [6.07, 6.45) is 0.969. The van der Waals surface area contributed by atoms with Crippen LogP contribution >= 0.6 is 27.7 Å². The molecule has 0 saturated carbocycles. The summed E-state index contributed by atoms with van der Waals surface area (Å²) >= 11 is 4.15. The molecule has 150 valence electrons. The van der Waals surface area contributed by atoms with Gasteiger partial charge in [-0.3, -0.25) is 9.59 Å². The topological polar surface area (TPSA) is 109 Å². The fourth-order valence-corrected chi connectivity index (χ4v) is 4.37. The molecule has 0 unspecified atom stereocenters. The minimum atomic E-state index is -4.02. The van der Waals surface area contributed by atoms with Gasteiger partial charge >= 0.3 is 0 Å². The molecule has 0 aliphatic carbocycles. The summed E-state index contributed by atoms with van der Waals surface area (Å²) in [5.41, 5.74) is -0.404. The first-order chi connectivity index (χ1) is 13.8. The van der Waals surface area contributed by atoms with Gasteiger partial charge in [0, 0.05) is 10.2 Å². The zero-order valence-corrected chi connectivity index (χ0v) is 17.8. The van der Waals surface area contributed by atoms with E-state index in [1.54, 1.807) is 12.1 Å². The number of anilines is 1. The fourth-order valence-electron chi connectivity index (χ4n) is 2.24. The summed E-state index contributed by atoms with van der Waals surface area (Å²) in [4.78, 5) is 30.0. The van der Waals surface area contributed by atoms with Crippen LogP contribution in [-0.4, -0.2) is 30.0 Å². The lowest BCUT2D eigenvalue weighted by atomic mass is 10.3. The molecule has 0 aliphatic heterocycles. The van der Waals surface area contributed by atoms with E-state index in [1.165, 1.54) is 36.4 Å². The zero-order chi connectivity index (χ0) is 21.0. The van der Waals surface area contributed by atoms with Gasteiger partial charge in [-0.05, 0) is 48.5 Å². The molecule has 1 amide bonds. The molecule has 2 aromatic carbocycles. The van der Waals surface area contributed by atoms with Crippen molar-refractivity contribution >= 4 is 49.1 Å². The number of H-pyrrole nitrogens is 1. The molecule has 11 heteroatoms. The van der Waals surface area contributed by atoms with E-state index in [1.807, 2.05) is 0 Å². The average molecular weight is 498 g/mol. The predicted octanol–water partition coefficient (Wildman–Crippen LogP) is 3.24. The Morgan fingerprint density at radius 3 is 2.41 bits per heavy atom. The van der Waals surface area contributed by atoms with Gasteiger partial charge in [-0.25, -0.2) is 17.8 Å². The minimum Gasteiger partial charge on any atom is -0.325 e. The number of aromatic amines is 1. The van der Waals surface area contributed by atoms with Gasteiger partial charge in [0.05, 0.1) is 16.8 Å². The van der Waals surface area contributed by atoms with Crippen molar-refractivity contribution in [2.45, 2.75) is 14.9 Å². The van der Waals surface area contributed by atoms with Gasteiger partial charge in [0.1, 0.15) is 5.82 Å². The third kappa shape index (κ3) is 5.31. The molecule has 1 heterocycles. The Kier molecular flexibility index (Phi) is 6.50. The molecule has 7 nitrogen and oxygen atoms in total. The smallest absolute Gasteiger partial charge is 0.270 e. The highest BCUT2D eigenvalue weighted by Crippen LogP contribution is 2.21. The van der Waals surface area contributed by atoms with Crippen molar-refractivity contribution in [3.8, 4) is 0 Å². The minimum absolute atomic E-state index is 0.0351. The molecule has 0 saturated heterocycles. The number of nitrogens with one attached hydrogen (secondary N) is 2. The Bertz CT molecular complexity index is 1200. The highest BCUT2D eigenvalue weighted by molar-refractivity contribution is 9.10. The van der Waals surface area contributed by atoms with Crippen LogP contribution in [0.15, 0.2) is 78.9 Å². The third-order valence-corrected chi connectivity index (χ3v) is 6.80. The van der Waals surface area contributed by atoms with Crippen LogP contribution < -0.4 is 10.9 Å². The van der Waals surface area contributed by atoms with Gasteiger partial charge in [0.2, 0.25) is 15.7 Å². The maximum Gasteiger partial charge on any atom is 0.270 e. The summed E-state index contributed by atoms with van der Waals surface area (Å²) in [5.74, 6) is -0.896. The van der Waals surface area contributed by atoms with Crippen LogP contribution in [-0.2, 0) is 14.6 Å². The largest absolute Gasteiger partial charge is 0.325 e. The molecule has 29 heavy (non-hydrogen) atoms. The summed E-state index contributed by atoms with van der Waals surface area (Å²) in [6, 6.07) is 11.1. The van der Waals surface area contributed by atoms with Crippen LogP contribution in [0.4, 0.5) is 10.1 Å². The van der Waals surface area contributed by atoms with Crippen molar-refractivity contribution in [3.05, 3.63) is 75.4 Å². The number of rotatable bonds is 6. The second kappa shape index (κ2) is 8.89. The monoisotopic (exact) mass is 497 g/mol. The molecule has 1 aromatic heterocycles. The Labute approximate surface area is 177 Å². The first kappa shape index (κ1) is 21.2. The van der Waals surface area contributed by atoms with E-state index in [-0.39, 0.29) is 15.8 Å². The summed E-state index contributed by atoms with van der Waals surface area (Å²) in [7, 11) is -4.02. The summed E-state index contributed by atoms with van der Waals surface area (Å²) in [5, 5.41) is 2.67. The van der Waals surface area contributed by atoms with E-state index in [9.17, 15) is 22.4 Å². The first-order valence-electron chi connectivity index (χ1n) is 8.04. The third-order valence-electron chi connectivity index (χ3n) is 3.62. The van der Waals surface area contributed by atoms with Crippen molar-refractivity contribution in [2.24, 2.45) is 0 Å². The van der Waals surface area contributed by atoms with Gasteiger partial charge in [-0.15, -0.1) is 0 Å². The summed E-state index contributed by atoms with van der Waals surface area (Å²) < 4.78 is 38.8. The average Bonchev–Trinajstić information content (AvgIpc) is 2.68. The molecule has 0 spiro atoms. The number of halogens is 2. The lowest BCUT2D eigenvalue weighted by molar-refractivity contribution is -0.113. The Morgan fingerprint density at radius 1 is 1.14 bits per heavy atom. The number of carbonyl (C=O) groups is 1. The molecule has 2 N–H and O–H groups in total. The maximum absolute atomic E-state index is 12.9. The molecule has 3 rings (SSSR count). The van der Waals surface area contributed by atoms with E-state index < -0.39 is 32.0 Å². The standard InChI is InChI=1S/C18H13BrFN3O4S2/c19-11-1-7-14(8-2-11)29(26,27)15-9-21-18(23-17(15)25)28-10-16(24)22-13-5-3-12(20)4-6-13/h1-9H,10H2,(H,22,24)(H,21,23,25). The van der Waals surface area contributed by atoms with Crippen LogP contribution in [0.2, 0.25) is 0 Å². The zero-order valence-electron chi connectivity index (χ0n) is 14.6. The van der Waals surface area contributed by atoms with E-state index >= 15 is 0 Å². The van der Waals surface area contributed by atoms with Crippen LogP contribution in [0, 0.1) is 5.82 Å². The predicted molar refractivity (Wildman–Crippen MR) is 110 cm³/mol. The SMILES string of the molecule is O=C(CSc1ncc(S(=O)(=O)c2ccc(Br)cc2)c(=O)[nH]1)Nc1ccc(F)cc1. The van der Waals surface area contributed by atoms with Crippen molar-refractivity contribution in [1.82, 2.24) is 9.97 Å². The van der Waals surface area contributed by atoms with Crippen molar-refractivity contribution in [1.29, 1.82) is 0 Å². The Balaban J connectivity index is 1.69. The highest BCUT2D eigenvalue weighted by atomic mass is 79.9. The molecule has 0 fully saturated rings. The van der Waals surface area contributed by atoms with E-state index in [0.717, 1.165) is 18.0 Å². The number of hydrogen-bond acceptors (Lipinski definition) is 6. The van der Waals surface area contributed by atoms with Crippen molar-refractivity contribution < 1.29 is 17.6 Å². The van der Waals surface area contributed by atoms with Crippen molar-refractivity contribution in [2.75, 3.05) is 11.1 Å². The van der Waals surface area contributed by atoms with E-state index in [0.29, 0.717) is 10.2 Å². The first-order valence-corrected chi connectivity index (χ1v) is 11.3. The Morgan fingerprint density at radius 2 is 1.79 bits per heavy atom. The lowest BCUT2D eigenvalue weighted by Gasteiger charge is -2.06. The quantitative estimate of drug-likeness (QED) is 0.399. The number of nitrogens with zero attached hydrogens (tertiary/aromatic N) is 1. The number of sulfone groups is 1. The van der Waals surface area contributed by atoms with E-state index in [2.05, 4.69) is 31.2 Å². The number of amides is 1. The maximum atomic E-state index is 12.9. The molecule has 0 radical (unpaired) electrons. The van der Waals surface area contributed by atoms with Gasteiger partial charge in [0.15, 0.2) is 10.1 Å². The van der Waals surface area contributed by atoms with Crippen LogP contribution in [0.5, 0.6) is 0 Å². The highest BCUT2D eigenvalue weighted by Gasteiger charge is 2.22. The molecular weight excluding hydrogens is 485 g/mol. The number of hydrogen-bond donors (Lipinski definition) is 2. The molecule has 0 bridgehead atoms. The van der Waals surface area contributed by atoms with Gasteiger partial charge in [0.25, 0.3) is 5.56 Å². The number of thioether (sulfide) groups is 1. The van der Waals surface area contributed by atoms with Crippen LogP contribution in [0.3, 0.4) is 0 Å². The molecular formula is C18H13BrFN3O4S2. The van der Waals surface area contributed by atoms with E-state index in [4.69, 9.17) is 0 Å². The van der Waals surface area contributed by atoms with Crippen molar-refractivity contribution in [3.63, 3.8) is 0 Å². The van der Waals surface area contributed by atoms with Gasteiger partial charge < -0.3 is 10.3 Å². The number of benzene rings is 2. The van der Waals surface area contributed by atoms with Crippen LogP contribution in [0.1, 0.15) is 0 Å². The Hall–Kier alpha value is -2.50. The second-order valence-electron chi connectivity index (χ2n) is 5.68. The van der Waals surface area contributed by atoms with Gasteiger partial charge in [-0.1, -0.05) is 27.7 Å². The normalized spacial score (nSPS) is 11.2. The second-order valence-corrected chi connectivity index (χ2v) is 9.48.